The number of benzene rings is 2. The van der Waals surface area contributed by atoms with Gasteiger partial charge >= 0.3 is 5.97 Å². The molecule has 0 aliphatic heterocycles. The molecule has 0 aromatic heterocycles. The third kappa shape index (κ3) is 3.00. The van der Waals surface area contributed by atoms with Gasteiger partial charge in [-0.05, 0) is 43.3 Å². The summed E-state index contributed by atoms with van der Waals surface area (Å²) in [7, 11) is 0. The highest BCUT2D eigenvalue weighted by Gasteiger charge is 2.12. The Morgan fingerprint density at radius 1 is 1.10 bits per heavy atom. The van der Waals surface area contributed by atoms with Crippen molar-refractivity contribution in [1.29, 1.82) is 0 Å². The molecule has 0 saturated carbocycles. The van der Waals surface area contributed by atoms with E-state index in [1.54, 1.807) is 13.0 Å². The number of carboxylic acids is 1. The lowest BCUT2D eigenvalue weighted by atomic mass is 10.1. The van der Waals surface area contributed by atoms with Gasteiger partial charge in [-0.2, -0.15) is 0 Å². The van der Waals surface area contributed by atoms with E-state index >= 15 is 0 Å². The first kappa shape index (κ1) is 13.7. The Bertz CT molecular complexity index is 665. The fraction of sp³-hybridized carbons (Fsp3) is 0.0667. The number of aromatic carboxylic acids is 1. The first-order valence-electron chi connectivity index (χ1n) is 5.88. The normalized spacial score (nSPS) is 10.1. The molecular formula is C15H12FNO3. The lowest BCUT2D eigenvalue weighted by molar-refractivity contribution is 0.0696. The van der Waals surface area contributed by atoms with Crippen molar-refractivity contribution in [3.8, 4) is 0 Å². The summed E-state index contributed by atoms with van der Waals surface area (Å²) in [6.07, 6.45) is 0. The maximum Gasteiger partial charge on any atom is 0.335 e. The zero-order valence-corrected chi connectivity index (χ0v) is 10.7. The lowest BCUT2D eigenvalue weighted by Gasteiger charge is -2.07. The Morgan fingerprint density at radius 2 is 1.75 bits per heavy atom. The monoisotopic (exact) mass is 273 g/mol. The molecule has 2 N–H and O–H groups in total. The van der Waals surface area contributed by atoms with Crippen molar-refractivity contribution in [2.75, 3.05) is 5.32 Å². The standard InChI is InChI=1S/C15H12FNO3/c1-9-2-7-13(16)12(8-9)14(18)17-11-5-3-10(4-6-11)15(19)20/h2-8H,1H3,(H,17,18)(H,19,20). The van der Waals surface area contributed by atoms with E-state index in [9.17, 15) is 14.0 Å². The third-order valence-corrected chi connectivity index (χ3v) is 2.76. The number of anilines is 1. The van der Waals surface area contributed by atoms with Crippen LogP contribution in [0.5, 0.6) is 0 Å². The van der Waals surface area contributed by atoms with Crippen molar-refractivity contribution in [1.82, 2.24) is 0 Å². The van der Waals surface area contributed by atoms with Crippen molar-refractivity contribution in [2.45, 2.75) is 6.92 Å². The summed E-state index contributed by atoms with van der Waals surface area (Å²) in [6.45, 7) is 1.76. The second kappa shape index (κ2) is 5.52. The molecule has 0 atom stereocenters. The molecule has 0 bridgehead atoms. The number of carboxylic acid groups (broad SMARTS) is 1. The maximum atomic E-state index is 13.6. The molecule has 2 rings (SSSR count). The molecule has 20 heavy (non-hydrogen) atoms. The number of carbonyl (C=O) groups is 2. The minimum atomic E-state index is -1.05. The van der Waals surface area contributed by atoms with Crippen molar-refractivity contribution >= 4 is 17.6 Å². The largest absolute Gasteiger partial charge is 0.478 e. The third-order valence-electron chi connectivity index (χ3n) is 2.76. The first-order chi connectivity index (χ1) is 9.47. The molecule has 4 nitrogen and oxygen atoms in total. The van der Waals surface area contributed by atoms with Crippen LogP contribution in [0.15, 0.2) is 42.5 Å². The minimum absolute atomic E-state index is 0.0488. The van der Waals surface area contributed by atoms with Crippen molar-refractivity contribution < 1.29 is 19.1 Å². The van der Waals surface area contributed by atoms with Gasteiger partial charge in [0.1, 0.15) is 5.82 Å². The fourth-order valence-electron chi connectivity index (χ4n) is 1.71. The quantitative estimate of drug-likeness (QED) is 0.903. The summed E-state index contributed by atoms with van der Waals surface area (Å²) >= 11 is 0. The molecule has 0 radical (unpaired) electrons. The Morgan fingerprint density at radius 3 is 2.35 bits per heavy atom. The fourth-order valence-corrected chi connectivity index (χ4v) is 1.71. The number of aryl methyl sites for hydroxylation is 1. The molecule has 0 saturated heterocycles. The van der Waals surface area contributed by atoms with Gasteiger partial charge in [0.05, 0.1) is 11.1 Å². The number of amides is 1. The minimum Gasteiger partial charge on any atom is -0.478 e. The van der Waals surface area contributed by atoms with Gasteiger partial charge in [-0.1, -0.05) is 11.6 Å². The number of hydrogen-bond donors (Lipinski definition) is 2. The summed E-state index contributed by atoms with van der Waals surface area (Å²) in [6, 6.07) is 9.90. The number of nitrogens with one attached hydrogen (secondary N) is 1. The number of carbonyl (C=O) groups excluding carboxylic acids is 1. The van der Waals surface area contributed by atoms with Crippen molar-refractivity contribution in [3.05, 3.63) is 65.0 Å². The van der Waals surface area contributed by atoms with E-state index in [2.05, 4.69) is 5.32 Å². The molecule has 2 aromatic rings. The smallest absolute Gasteiger partial charge is 0.335 e. The van der Waals surface area contributed by atoms with Crippen LogP contribution >= 0.6 is 0 Å². The predicted octanol–water partition coefficient (Wildman–Crippen LogP) is 3.08. The van der Waals surface area contributed by atoms with Gasteiger partial charge in [-0.15, -0.1) is 0 Å². The van der Waals surface area contributed by atoms with Crippen LogP contribution in [0.25, 0.3) is 0 Å². The van der Waals surface area contributed by atoms with E-state index in [1.165, 1.54) is 36.4 Å². The first-order valence-corrected chi connectivity index (χ1v) is 5.88. The Labute approximate surface area is 114 Å². The van der Waals surface area contributed by atoms with Gasteiger partial charge in [0, 0.05) is 5.69 Å². The van der Waals surface area contributed by atoms with Crippen molar-refractivity contribution in [2.24, 2.45) is 0 Å². The van der Waals surface area contributed by atoms with E-state index in [4.69, 9.17) is 5.11 Å². The van der Waals surface area contributed by atoms with Gasteiger partial charge in [0.25, 0.3) is 5.91 Å². The zero-order chi connectivity index (χ0) is 14.7. The maximum absolute atomic E-state index is 13.6. The van der Waals surface area contributed by atoms with Gasteiger partial charge < -0.3 is 10.4 Å². The molecule has 0 heterocycles. The summed E-state index contributed by atoms with van der Waals surface area (Å²) < 4.78 is 13.6. The lowest BCUT2D eigenvalue weighted by Crippen LogP contribution is -2.14. The average molecular weight is 273 g/mol. The molecule has 0 aliphatic carbocycles. The second-order valence-electron chi connectivity index (χ2n) is 4.32. The van der Waals surface area contributed by atoms with Crippen LogP contribution in [-0.2, 0) is 0 Å². The second-order valence-corrected chi connectivity index (χ2v) is 4.32. The van der Waals surface area contributed by atoms with Crippen LogP contribution in [0.4, 0.5) is 10.1 Å². The Kier molecular flexibility index (Phi) is 3.79. The molecule has 5 heteroatoms. The summed E-state index contributed by atoms with van der Waals surface area (Å²) in [5, 5.41) is 11.3. The van der Waals surface area contributed by atoms with E-state index in [-0.39, 0.29) is 11.1 Å². The Hall–Kier alpha value is -2.69. The molecule has 102 valence electrons. The average Bonchev–Trinajstić information content (AvgIpc) is 2.42. The summed E-state index contributed by atoms with van der Waals surface area (Å²) in [5.74, 6) is -2.22. The molecule has 0 fully saturated rings. The zero-order valence-electron chi connectivity index (χ0n) is 10.7. The Balaban J connectivity index is 2.19. The molecule has 1 amide bonds. The van der Waals surface area contributed by atoms with Crippen molar-refractivity contribution in [3.63, 3.8) is 0 Å². The van der Waals surface area contributed by atoms with Crippen LogP contribution in [0.3, 0.4) is 0 Å². The molecule has 2 aromatic carbocycles. The molecule has 0 unspecified atom stereocenters. The van der Waals surface area contributed by atoms with Crippen LogP contribution in [0, 0.1) is 12.7 Å². The van der Waals surface area contributed by atoms with Crippen LogP contribution in [-0.4, -0.2) is 17.0 Å². The summed E-state index contributed by atoms with van der Waals surface area (Å²) in [4.78, 5) is 22.6. The molecule has 0 aliphatic rings. The van der Waals surface area contributed by atoms with Crippen LogP contribution < -0.4 is 5.32 Å². The SMILES string of the molecule is Cc1ccc(F)c(C(=O)Nc2ccc(C(=O)O)cc2)c1. The van der Waals surface area contributed by atoms with Gasteiger partial charge in [0.15, 0.2) is 0 Å². The van der Waals surface area contributed by atoms with E-state index < -0.39 is 17.7 Å². The topological polar surface area (TPSA) is 66.4 Å². The van der Waals surface area contributed by atoms with E-state index in [1.807, 2.05) is 0 Å². The van der Waals surface area contributed by atoms with E-state index in [0.29, 0.717) is 5.69 Å². The summed E-state index contributed by atoms with van der Waals surface area (Å²) in [5.41, 5.74) is 1.25. The molecular weight excluding hydrogens is 261 g/mol. The number of rotatable bonds is 3. The number of hydrogen-bond acceptors (Lipinski definition) is 2. The van der Waals surface area contributed by atoms with E-state index in [0.717, 1.165) is 5.56 Å². The van der Waals surface area contributed by atoms with Crippen LogP contribution in [0.1, 0.15) is 26.3 Å². The molecule has 0 spiro atoms. The van der Waals surface area contributed by atoms with Gasteiger partial charge in [-0.25, -0.2) is 9.18 Å². The highest BCUT2D eigenvalue weighted by atomic mass is 19.1. The number of halogens is 1. The predicted molar refractivity (Wildman–Crippen MR) is 72.5 cm³/mol. The van der Waals surface area contributed by atoms with Gasteiger partial charge in [-0.3, -0.25) is 4.79 Å². The highest BCUT2D eigenvalue weighted by Crippen LogP contribution is 2.14. The highest BCUT2D eigenvalue weighted by molar-refractivity contribution is 6.04. The van der Waals surface area contributed by atoms with Gasteiger partial charge in [0.2, 0.25) is 0 Å². The van der Waals surface area contributed by atoms with Crippen LogP contribution in [0.2, 0.25) is 0 Å².